The Morgan fingerprint density at radius 2 is 2.37 bits per heavy atom. The van der Waals surface area contributed by atoms with E-state index in [1.54, 1.807) is 23.0 Å². The second kappa shape index (κ2) is 4.96. The normalized spacial score (nSPS) is 10.5. The molecule has 0 radical (unpaired) electrons. The van der Waals surface area contributed by atoms with Gasteiger partial charge in [-0.05, 0) is 18.6 Å². The Balaban J connectivity index is 1.98. The first-order valence-electron chi connectivity index (χ1n) is 5.61. The third-order valence-electron chi connectivity index (χ3n) is 2.84. The molecule has 4 nitrogen and oxygen atoms in total. The fraction of sp³-hybridized carbons (Fsp3) is 0.0769. The highest BCUT2D eigenvalue weighted by atomic mass is 32.2. The lowest BCUT2D eigenvalue weighted by Gasteiger charge is -2.06. The number of rotatable bonds is 3. The van der Waals surface area contributed by atoms with Crippen LogP contribution in [0.4, 0.5) is 5.69 Å². The molecule has 0 unspecified atom stereocenters. The molecule has 0 aliphatic rings. The van der Waals surface area contributed by atoms with Crippen LogP contribution >= 0.6 is 23.3 Å². The summed E-state index contributed by atoms with van der Waals surface area (Å²) in [6.07, 6.45) is 1.75. The number of aromatic nitrogens is 2. The average molecular weight is 286 g/mol. The van der Waals surface area contributed by atoms with Gasteiger partial charge >= 0.3 is 0 Å². The van der Waals surface area contributed by atoms with Gasteiger partial charge in [-0.15, -0.1) is 11.3 Å². The number of nitrogens with one attached hydrogen (secondary N) is 2. The second-order valence-corrected chi connectivity index (χ2v) is 5.57. The molecule has 2 aromatic heterocycles. The summed E-state index contributed by atoms with van der Waals surface area (Å²) in [5.41, 5.74) is 5.49. The summed E-state index contributed by atoms with van der Waals surface area (Å²) in [7, 11) is 0. The van der Waals surface area contributed by atoms with Crippen LogP contribution < -0.4 is 4.72 Å². The van der Waals surface area contributed by atoms with Crippen LogP contribution in [-0.2, 0) is 0 Å². The van der Waals surface area contributed by atoms with Gasteiger partial charge in [0, 0.05) is 28.9 Å². The molecular formula is C13H10N4S2. The summed E-state index contributed by atoms with van der Waals surface area (Å²) in [6, 6.07) is 6.23. The van der Waals surface area contributed by atoms with Crippen LogP contribution in [0.3, 0.4) is 0 Å². The van der Waals surface area contributed by atoms with Gasteiger partial charge in [0.05, 0.1) is 22.3 Å². The maximum absolute atomic E-state index is 9.12. The molecule has 6 heteroatoms. The topological polar surface area (TPSA) is 64.5 Å². The van der Waals surface area contributed by atoms with Gasteiger partial charge in [-0.2, -0.15) is 5.26 Å². The molecule has 0 fully saturated rings. The molecule has 2 heterocycles. The van der Waals surface area contributed by atoms with E-state index in [2.05, 4.69) is 20.8 Å². The van der Waals surface area contributed by atoms with Crippen molar-refractivity contribution in [1.29, 1.82) is 5.26 Å². The van der Waals surface area contributed by atoms with E-state index in [1.807, 2.05) is 24.4 Å². The molecule has 2 N–H and O–H groups in total. The minimum Gasteiger partial charge on any atom is -0.358 e. The summed E-state index contributed by atoms with van der Waals surface area (Å²) in [5, 5.41) is 13.0. The Kier molecular flexibility index (Phi) is 3.15. The number of hydrogen-bond donors (Lipinski definition) is 2. The van der Waals surface area contributed by atoms with Crippen molar-refractivity contribution in [2.24, 2.45) is 0 Å². The first-order valence-corrected chi connectivity index (χ1v) is 7.37. The predicted octanol–water partition coefficient (Wildman–Crippen LogP) is 3.92. The van der Waals surface area contributed by atoms with Gasteiger partial charge in [0.2, 0.25) is 0 Å². The third-order valence-corrected chi connectivity index (χ3v) is 4.33. The maximum Gasteiger partial charge on any atom is 0.127 e. The number of hydrogen-bond acceptors (Lipinski definition) is 5. The van der Waals surface area contributed by atoms with E-state index < -0.39 is 0 Å². The van der Waals surface area contributed by atoms with Crippen molar-refractivity contribution in [1.82, 2.24) is 9.97 Å². The maximum atomic E-state index is 9.12. The highest BCUT2D eigenvalue weighted by molar-refractivity contribution is 8.00. The lowest BCUT2D eigenvalue weighted by molar-refractivity contribution is 1.21. The number of benzene rings is 1. The quantitative estimate of drug-likeness (QED) is 0.716. The Morgan fingerprint density at radius 1 is 1.47 bits per heavy atom. The van der Waals surface area contributed by atoms with Crippen molar-refractivity contribution in [2.75, 3.05) is 4.72 Å². The van der Waals surface area contributed by atoms with Crippen molar-refractivity contribution in [2.45, 2.75) is 11.9 Å². The SMILES string of the molecule is Cc1ccc(NSc2cscn2)c2[nH]cc(C#N)c12. The minimum absolute atomic E-state index is 0.676. The van der Waals surface area contributed by atoms with Crippen LogP contribution in [-0.4, -0.2) is 9.97 Å². The Morgan fingerprint density at radius 3 is 3.11 bits per heavy atom. The van der Waals surface area contributed by atoms with E-state index in [0.29, 0.717) is 5.56 Å². The number of nitriles is 1. The number of fused-ring (bicyclic) bond motifs is 1. The van der Waals surface area contributed by atoms with Gasteiger partial charge in [0.25, 0.3) is 0 Å². The molecule has 94 valence electrons. The van der Waals surface area contributed by atoms with Crippen LogP contribution in [0.25, 0.3) is 10.9 Å². The zero-order chi connectivity index (χ0) is 13.2. The van der Waals surface area contributed by atoms with Crippen LogP contribution in [0.5, 0.6) is 0 Å². The third kappa shape index (κ3) is 2.18. The van der Waals surface area contributed by atoms with Gasteiger partial charge in [0.15, 0.2) is 0 Å². The Hall–Kier alpha value is -1.97. The average Bonchev–Trinajstić information content (AvgIpc) is 3.07. The van der Waals surface area contributed by atoms with Crippen LogP contribution in [0.15, 0.2) is 34.2 Å². The van der Waals surface area contributed by atoms with E-state index in [0.717, 1.165) is 27.2 Å². The van der Waals surface area contributed by atoms with E-state index in [1.165, 1.54) is 11.9 Å². The van der Waals surface area contributed by atoms with Crippen molar-refractivity contribution in [3.63, 3.8) is 0 Å². The van der Waals surface area contributed by atoms with E-state index in [9.17, 15) is 0 Å². The summed E-state index contributed by atoms with van der Waals surface area (Å²) in [4.78, 5) is 7.37. The number of nitrogens with zero attached hydrogens (tertiary/aromatic N) is 2. The van der Waals surface area contributed by atoms with Crippen molar-refractivity contribution >= 4 is 39.9 Å². The first kappa shape index (κ1) is 12.1. The van der Waals surface area contributed by atoms with Crippen molar-refractivity contribution < 1.29 is 0 Å². The Labute approximate surface area is 118 Å². The van der Waals surface area contributed by atoms with Crippen molar-refractivity contribution in [3.8, 4) is 6.07 Å². The van der Waals surface area contributed by atoms with Crippen LogP contribution in [0, 0.1) is 18.3 Å². The Bertz CT molecular complexity index is 753. The van der Waals surface area contributed by atoms with Gasteiger partial charge < -0.3 is 9.71 Å². The highest BCUT2D eigenvalue weighted by Gasteiger charge is 2.10. The largest absolute Gasteiger partial charge is 0.358 e. The fourth-order valence-electron chi connectivity index (χ4n) is 1.95. The molecule has 3 rings (SSSR count). The zero-order valence-electron chi connectivity index (χ0n) is 10.1. The monoisotopic (exact) mass is 286 g/mol. The molecule has 0 saturated heterocycles. The molecule has 0 bridgehead atoms. The zero-order valence-corrected chi connectivity index (χ0v) is 11.7. The van der Waals surface area contributed by atoms with Gasteiger partial charge in [-0.25, -0.2) is 4.98 Å². The standard InChI is InChI=1S/C13H10N4S2/c1-8-2-3-10(17-19-11-6-18-7-16-11)13-12(8)9(4-14)5-15-13/h2-3,5-7,15,17H,1H3. The molecule has 0 spiro atoms. The van der Waals surface area contributed by atoms with E-state index in [-0.39, 0.29) is 0 Å². The van der Waals surface area contributed by atoms with Gasteiger partial charge in [0.1, 0.15) is 11.1 Å². The molecule has 0 aliphatic heterocycles. The molecule has 0 atom stereocenters. The van der Waals surface area contributed by atoms with Crippen molar-refractivity contribution in [3.05, 3.63) is 40.3 Å². The van der Waals surface area contributed by atoms with E-state index >= 15 is 0 Å². The first-order chi connectivity index (χ1) is 9.29. The molecular weight excluding hydrogens is 276 g/mol. The van der Waals surface area contributed by atoms with E-state index in [4.69, 9.17) is 5.26 Å². The number of aromatic amines is 1. The van der Waals surface area contributed by atoms with Crippen LogP contribution in [0.1, 0.15) is 11.1 Å². The molecule has 19 heavy (non-hydrogen) atoms. The number of anilines is 1. The van der Waals surface area contributed by atoms with Gasteiger partial charge in [-0.3, -0.25) is 0 Å². The number of thiazole rings is 1. The molecule has 3 aromatic rings. The number of H-pyrrole nitrogens is 1. The summed E-state index contributed by atoms with van der Waals surface area (Å²) in [6.45, 7) is 2.01. The van der Waals surface area contributed by atoms with Crippen LogP contribution in [0.2, 0.25) is 0 Å². The van der Waals surface area contributed by atoms with Gasteiger partial charge in [-0.1, -0.05) is 6.07 Å². The number of aryl methyl sites for hydroxylation is 1. The summed E-state index contributed by atoms with van der Waals surface area (Å²) in [5.74, 6) is 0. The fourth-order valence-corrected chi connectivity index (χ4v) is 3.28. The summed E-state index contributed by atoms with van der Waals surface area (Å²) >= 11 is 3.03. The molecule has 1 aromatic carbocycles. The smallest absolute Gasteiger partial charge is 0.127 e. The lowest BCUT2D eigenvalue weighted by Crippen LogP contribution is -1.89. The lowest BCUT2D eigenvalue weighted by atomic mass is 10.1. The second-order valence-electron chi connectivity index (χ2n) is 4.02. The summed E-state index contributed by atoms with van der Waals surface area (Å²) < 4.78 is 3.27. The predicted molar refractivity (Wildman–Crippen MR) is 79.3 cm³/mol. The molecule has 0 aliphatic carbocycles. The minimum atomic E-state index is 0.676. The molecule has 0 amide bonds. The highest BCUT2D eigenvalue weighted by Crippen LogP contribution is 2.31. The molecule has 0 saturated carbocycles.